The van der Waals surface area contributed by atoms with Crippen molar-refractivity contribution in [3.8, 4) is 0 Å². The van der Waals surface area contributed by atoms with Crippen molar-refractivity contribution in [3.63, 3.8) is 0 Å². The van der Waals surface area contributed by atoms with E-state index in [4.69, 9.17) is 4.74 Å². The average molecular weight is 390 g/mol. The van der Waals surface area contributed by atoms with E-state index in [1.165, 1.54) is 7.11 Å². The van der Waals surface area contributed by atoms with E-state index in [9.17, 15) is 19.2 Å². The molecule has 1 saturated carbocycles. The van der Waals surface area contributed by atoms with E-state index in [1.54, 1.807) is 67.6 Å². The van der Waals surface area contributed by atoms with Crippen molar-refractivity contribution in [2.45, 2.75) is 12.5 Å². The lowest BCUT2D eigenvalue weighted by atomic mass is 9.46. The Balaban J connectivity index is 1.64. The number of carbonyl (C=O) groups is 4. The molecule has 146 valence electrons. The lowest BCUT2D eigenvalue weighted by Crippen LogP contribution is -2.72. The fourth-order valence-electron chi connectivity index (χ4n) is 5.34. The summed E-state index contributed by atoms with van der Waals surface area (Å²) in [4.78, 5) is 55.6. The number of nitrogens with zero attached hydrogens (tertiary/aromatic N) is 2. The van der Waals surface area contributed by atoms with Gasteiger partial charge in [0.25, 0.3) is 5.91 Å². The molecule has 1 aliphatic carbocycles. The molecule has 0 bridgehead atoms. The number of rotatable bonds is 3. The highest BCUT2D eigenvalue weighted by Crippen LogP contribution is 2.68. The number of methoxy groups -OCH3 is 1. The Labute approximate surface area is 166 Å². The van der Waals surface area contributed by atoms with Crippen molar-refractivity contribution >= 4 is 35.0 Å². The summed E-state index contributed by atoms with van der Waals surface area (Å²) in [6.45, 7) is 1.59. The largest absolute Gasteiger partial charge is 0.367 e. The van der Waals surface area contributed by atoms with Crippen LogP contribution in [-0.4, -0.2) is 36.3 Å². The van der Waals surface area contributed by atoms with Crippen molar-refractivity contribution in [1.29, 1.82) is 0 Å². The molecule has 2 heterocycles. The molecule has 29 heavy (non-hydrogen) atoms. The first kappa shape index (κ1) is 17.8. The summed E-state index contributed by atoms with van der Waals surface area (Å²) in [6.07, 6.45) is 0. The first-order valence-electron chi connectivity index (χ1n) is 9.32. The quantitative estimate of drug-likeness (QED) is 0.746. The number of ether oxygens (including phenoxy) is 1. The molecule has 4 atom stereocenters. The van der Waals surface area contributed by atoms with Crippen LogP contribution >= 0.6 is 0 Å². The predicted octanol–water partition coefficient (Wildman–Crippen LogP) is 1.77. The molecule has 4 unspecified atom stereocenters. The van der Waals surface area contributed by atoms with E-state index in [1.807, 2.05) is 0 Å². The van der Waals surface area contributed by atoms with Gasteiger partial charge in [-0.05, 0) is 31.2 Å². The molecule has 2 saturated heterocycles. The van der Waals surface area contributed by atoms with E-state index < -0.39 is 46.5 Å². The lowest BCUT2D eigenvalue weighted by molar-refractivity contribution is -0.216. The molecule has 7 nitrogen and oxygen atoms in total. The minimum absolute atomic E-state index is 0.398. The highest BCUT2D eigenvalue weighted by molar-refractivity contribution is 6.36. The SMILES string of the molecule is COC12C(=O)N(c3ccccc3)C(=O)C1C1(C)C(=O)N(c3ccccc3)C(=O)C12. The number of benzene rings is 2. The van der Waals surface area contributed by atoms with Crippen molar-refractivity contribution in [2.24, 2.45) is 17.3 Å². The molecule has 2 aromatic rings. The van der Waals surface area contributed by atoms with Crippen LogP contribution in [0.2, 0.25) is 0 Å². The molecular formula is C22H18N2O5. The fourth-order valence-corrected chi connectivity index (χ4v) is 5.34. The van der Waals surface area contributed by atoms with Crippen LogP contribution in [-0.2, 0) is 23.9 Å². The Morgan fingerprint density at radius 3 is 1.55 bits per heavy atom. The Morgan fingerprint density at radius 1 is 0.724 bits per heavy atom. The summed E-state index contributed by atoms with van der Waals surface area (Å²) in [5.41, 5.74) is -2.19. The maximum atomic E-state index is 13.4. The third-order valence-electron chi connectivity index (χ3n) is 6.56. The van der Waals surface area contributed by atoms with Gasteiger partial charge >= 0.3 is 0 Å². The molecule has 0 radical (unpaired) electrons. The van der Waals surface area contributed by atoms with Crippen molar-refractivity contribution in [3.05, 3.63) is 60.7 Å². The third-order valence-corrected chi connectivity index (χ3v) is 6.56. The number of anilines is 2. The Hall–Kier alpha value is -3.32. The van der Waals surface area contributed by atoms with Crippen LogP contribution in [0.1, 0.15) is 6.92 Å². The minimum atomic E-state index is -1.67. The van der Waals surface area contributed by atoms with Crippen molar-refractivity contribution in [2.75, 3.05) is 16.9 Å². The highest BCUT2D eigenvalue weighted by Gasteiger charge is 2.88. The second-order valence-corrected chi connectivity index (χ2v) is 7.77. The van der Waals surface area contributed by atoms with Gasteiger partial charge in [-0.3, -0.25) is 19.2 Å². The second-order valence-electron chi connectivity index (χ2n) is 7.77. The van der Waals surface area contributed by atoms with Crippen LogP contribution in [0.25, 0.3) is 0 Å². The predicted molar refractivity (Wildman–Crippen MR) is 103 cm³/mol. The average Bonchev–Trinajstić information content (AvgIpc) is 3.02. The minimum Gasteiger partial charge on any atom is -0.367 e. The van der Waals surface area contributed by atoms with Gasteiger partial charge in [0.1, 0.15) is 0 Å². The molecule has 3 aliphatic rings. The van der Waals surface area contributed by atoms with E-state index in [-0.39, 0.29) is 0 Å². The Bertz CT molecular complexity index is 1050. The van der Waals surface area contributed by atoms with Gasteiger partial charge in [-0.25, -0.2) is 9.80 Å². The zero-order chi connectivity index (χ0) is 20.6. The number of carbonyl (C=O) groups excluding carboxylic acids is 4. The molecule has 3 fully saturated rings. The molecule has 0 N–H and O–H groups in total. The van der Waals surface area contributed by atoms with E-state index in [0.717, 1.165) is 9.80 Å². The molecule has 4 amide bonds. The summed E-state index contributed by atoms with van der Waals surface area (Å²) in [5, 5.41) is 0. The van der Waals surface area contributed by atoms with Gasteiger partial charge in [0.2, 0.25) is 17.7 Å². The number of fused-ring (bicyclic) bond motifs is 4. The molecule has 7 heteroatoms. The molecule has 5 rings (SSSR count). The van der Waals surface area contributed by atoms with E-state index >= 15 is 0 Å². The third kappa shape index (κ3) is 1.81. The zero-order valence-electron chi connectivity index (χ0n) is 15.9. The fraction of sp³-hybridized carbons (Fsp3) is 0.273. The Morgan fingerprint density at radius 2 is 1.14 bits per heavy atom. The van der Waals surface area contributed by atoms with Crippen LogP contribution in [0.3, 0.4) is 0 Å². The van der Waals surface area contributed by atoms with Crippen LogP contribution in [0.15, 0.2) is 60.7 Å². The number of imide groups is 2. The molecule has 2 aliphatic heterocycles. The van der Waals surface area contributed by atoms with Gasteiger partial charge in [0, 0.05) is 7.11 Å². The van der Waals surface area contributed by atoms with Crippen LogP contribution in [0.5, 0.6) is 0 Å². The van der Waals surface area contributed by atoms with Gasteiger partial charge in [-0.2, -0.15) is 0 Å². The number of amides is 4. The van der Waals surface area contributed by atoms with Crippen LogP contribution in [0.4, 0.5) is 11.4 Å². The first-order valence-corrected chi connectivity index (χ1v) is 9.32. The second kappa shape index (κ2) is 5.61. The maximum Gasteiger partial charge on any atom is 0.267 e. The molecular weight excluding hydrogens is 372 g/mol. The molecule has 0 spiro atoms. The normalized spacial score (nSPS) is 33.0. The highest BCUT2D eigenvalue weighted by atomic mass is 16.5. The van der Waals surface area contributed by atoms with Gasteiger partial charge in [-0.1, -0.05) is 36.4 Å². The van der Waals surface area contributed by atoms with Gasteiger partial charge in [0.15, 0.2) is 5.60 Å². The molecule has 0 aromatic heterocycles. The summed E-state index contributed by atoms with van der Waals surface area (Å²) in [6, 6.07) is 17.0. The number of hydrogen-bond acceptors (Lipinski definition) is 5. The number of para-hydroxylation sites is 2. The summed E-state index contributed by atoms with van der Waals surface area (Å²) >= 11 is 0. The summed E-state index contributed by atoms with van der Waals surface area (Å²) in [7, 11) is 1.31. The van der Waals surface area contributed by atoms with Crippen molar-refractivity contribution in [1.82, 2.24) is 0 Å². The Kier molecular flexibility index (Phi) is 3.43. The summed E-state index contributed by atoms with van der Waals surface area (Å²) < 4.78 is 5.60. The van der Waals surface area contributed by atoms with Crippen LogP contribution < -0.4 is 9.80 Å². The smallest absolute Gasteiger partial charge is 0.267 e. The van der Waals surface area contributed by atoms with Crippen LogP contribution in [0, 0.1) is 17.3 Å². The van der Waals surface area contributed by atoms with Gasteiger partial charge < -0.3 is 4.74 Å². The zero-order valence-corrected chi connectivity index (χ0v) is 15.9. The standard InChI is InChI=1S/C22H18N2O5/c1-21-15(17(25)23(19(21)27)13-9-5-3-6-10-13)22(29-2)16(21)18(26)24(20(22)28)14-11-7-4-8-12-14/h3-12,15-16H,1-2H3. The lowest BCUT2D eigenvalue weighted by Gasteiger charge is -2.53. The van der Waals surface area contributed by atoms with Gasteiger partial charge in [-0.15, -0.1) is 0 Å². The number of hydrogen-bond donors (Lipinski definition) is 0. The monoisotopic (exact) mass is 390 g/mol. The summed E-state index contributed by atoms with van der Waals surface area (Å²) in [5.74, 6) is -4.21. The van der Waals surface area contributed by atoms with E-state index in [0.29, 0.717) is 11.4 Å². The van der Waals surface area contributed by atoms with E-state index in [2.05, 4.69) is 0 Å². The maximum absolute atomic E-state index is 13.4. The molecule has 2 aromatic carbocycles. The van der Waals surface area contributed by atoms with Gasteiger partial charge in [0.05, 0.1) is 28.6 Å². The topological polar surface area (TPSA) is 84.0 Å². The first-order chi connectivity index (χ1) is 13.9. The van der Waals surface area contributed by atoms with Crippen molar-refractivity contribution < 1.29 is 23.9 Å².